The number of rotatable bonds is 9. The molecule has 3 saturated carbocycles. The molecule has 12 heteroatoms. The van der Waals surface area contributed by atoms with Crippen molar-refractivity contribution in [2.75, 3.05) is 18.8 Å². The van der Waals surface area contributed by atoms with Gasteiger partial charge in [-0.3, -0.25) is 19.2 Å². The van der Waals surface area contributed by atoms with Crippen molar-refractivity contribution < 1.29 is 32.7 Å². The number of nitrogens with one attached hydrogen (secondary N) is 2. The molecule has 1 saturated heterocycles. The molecule has 1 aliphatic heterocycles. The monoisotopic (exact) mass is 683 g/mol. The molecule has 2 aromatic carbocycles. The summed E-state index contributed by atoms with van der Waals surface area (Å²) in [7, 11) is -4.13. The Morgan fingerprint density at radius 3 is 2.21 bits per heavy atom. The molecule has 3 amide bonds. The summed E-state index contributed by atoms with van der Waals surface area (Å²) >= 11 is 6.06. The minimum atomic E-state index is -4.13. The normalized spacial score (nSPS) is 31.1. The smallest absolute Gasteiger partial charge is 0.264 e. The molecule has 3 N–H and O–H groups in total. The Kier molecular flexibility index (Phi) is 7.96. The first-order valence-electron chi connectivity index (χ1n) is 16.1. The number of likely N-dealkylation sites (tertiary alicyclic amines) is 1. The molecular formula is C35H42ClN3O7S. The van der Waals surface area contributed by atoms with Gasteiger partial charge in [-0.05, 0) is 71.9 Å². The van der Waals surface area contributed by atoms with Crippen molar-refractivity contribution in [2.45, 2.75) is 65.5 Å². The fourth-order valence-electron chi connectivity index (χ4n) is 8.75. The molecule has 1 heterocycles. The second-order valence-electron chi connectivity index (χ2n) is 15.1. The van der Waals surface area contributed by atoms with E-state index in [0.29, 0.717) is 30.2 Å². The summed E-state index contributed by atoms with van der Waals surface area (Å²) in [5.74, 6) is -1.87. The quantitative estimate of drug-likeness (QED) is 0.363. The zero-order valence-corrected chi connectivity index (χ0v) is 28.9. The fourth-order valence-corrected chi connectivity index (χ4v) is 10.6. The lowest BCUT2D eigenvalue weighted by Gasteiger charge is -2.51. The molecule has 6 atom stereocenters. The first-order valence-corrected chi connectivity index (χ1v) is 18.1. The number of ketones is 1. The van der Waals surface area contributed by atoms with E-state index in [2.05, 4.69) is 10.0 Å². The number of fused-ring (bicyclic) bond motifs is 1. The lowest BCUT2D eigenvalue weighted by Crippen LogP contribution is -2.60. The number of carbonyl (C=O) groups is 4. The molecule has 4 aliphatic rings. The number of halogens is 1. The van der Waals surface area contributed by atoms with Crippen molar-refractivity contribution in [3.05, 3.63) is 70.2 Å². The van der Waals surface area contributed by atoms with E-state index < -0.39 is 50.1 Å². The van der Waals surface area contributed by atoms with Crippen LogP contribution in [0.1, 0.15) is 80.2 Å². The van der Waals surface area contributed by atoms with Gasteiger partial charge in [0.05, 0.1) is 16.8 Å². The molecule has 0 radical (unpaired) electrons. The van der Waals surface area contributed by atoms with Crippen LogP contribution < -0.4 is 10.0 Å². The average molecular weight is 684 g/mol. The van der Waals surface area contributed by atoms with Crippen LogP contribution in [0.2, 0.25) is 5.02 Å². The Balaban J connectivity index is 1.11. The molecule has 2 unspecified atom stereocenters. The van der Waals surface area contributed by atoms with E-state index in [-0.39, 0.29) is 53.2 Å². The first kappa shape index (κ1) is 33.6. The van der Waals surface area contributed by atoms with Gasteiger partial charge in [0.25, 0.3) is 11.8 Å². The minimum Gasteiger partial charge on any atom is -0.384 e. The van der Waals surface area contributed by atoms with Crippen LogP contribution in [0, 0.1) is 34.0 Å². The molecule has 47 heavy (non-hydrogen) atoms. The first-order chi connectivity index (χ1) is 21.8. The van der Waals surface area contributed by atoms with Crippen molar-refractivity contribution >= 4 is 45.1 Å². The number of aliphatic hydroxyl groups is 1. The van der Waals surface area contributed by atoms with E-state index in [9.17, 15) is 32.7 Å². The predicted octanol–water partition coefficient (Wildman–Crippen LogP) is 3.92. The molecule has 4 fully saturated rings. The van der Waals surface area contributed by atoms with Crippen LogP contribution in [0.25, 0.3) is 0 Å². The van der Waals surface area contributed by atoms with E-state index in [0.717, 1.165) is 5.56 Å². The number of benzene rings is 2. The Morgan fingerprint density at radius 1 is 1.02 bits per heavy atom. The van der Waals surface area contributed by atoms with Crippen LogP contribution in [0.5, 0.6) is 0 Å². The van der Waals surface area contributed by atoms with Crippen molar-refractivity contribution in [1.29, 1.82) is 0 Å². The molecule has 252 valence electrons. The van der Waals surface area contributed by atoms with Gasteiger partial charge in [0.2, 0.25) is 15.9 Å². The van der Waals surface area contributed by atoms with E-state index in [1.807, 2.05) is 34.6 Å². The van der Waals surface area contributed by atoms with Crippen LogP contribution in [0.3, 0.4) is 0 Å². The number of piperidine rings is 1. The molecule has 0 spiro atoms. The van der Waals surface area contributed by atoms with Crippen LogP contribution in [-0.4, -0.2) is 66.8 Å². The third kappa shape index (κ3) is 5.29. The van der Waals surface area contributed by atoms with Crippen molar-refractivity contribution in [1.82, 2.24) is 14.9 Å². The highest BCUT2D eigenvalue weighted by molar-refractivity contribution is 7.90. The predicted molar refractivity (Wildman–Crippen MR) is 176 cm³/mol. The van der Waals surface area contributed by atoms with Crippen LogP contribution in [0.15, 0.2) is 48.5 Å². The molecule has 3 aliphatic carbocycles. The largest absolute Gasteiger partial charge is 0.384 e. The zero-order valence-electron chi connectivity index (χ0n) is 27.3. The second kappa shape index (κ2) is 11.1. The molecular weight excluding hydrogens is 642 g/mol. The number of sulfonamides is 1. The third-order valence-electron chi connectivity index (χ3n) is 11.8. The van der Waals surface area contributed by atoms with Gasteiger partial charge >= 0.3 is 0 Å². The second-order valence-corrected chi connectivity index (χ2v) is 17.3. The summed E-state index contributed by atoms with van der Waals surface area (Å²) in [6.07, 6.45) is 1.25. The van der Waals surface area contributed by atoms with Gasteiger partial charge in [-0.25, -0.2) is 13.1 Å². The van der Waals surface area contributed by atoms with Crippen molar-refractivity contribution in [3.8, 4) is 0 Å². The number of hydrogen-bond acceptors (Lipinski definition) is 7. The summed E-state index contributed by atoms with van der Waals surface area (Å²) < 4.78 is 28.2. The Hall–Kier alpha value is -3.28. The number of Topliss-reactive ketones (excluding diaryl/α,β-unsaturated/α-hetero) is 1. The zero-order chi connectivity index (χ0) is 34.3. The maximum absolute atomic E-state index is 13.8. The maximum Gasteiger partial charge on any atom is 0.264 e. The van der Waals surface area contributed by atoms with Gasteiger partial charge in [0.1, 0.15) is 11.8 Å². The van der Waals surface area contributed by atoms with Gasteiger partial charge in [-0.1, -0.05) is 64.4 Å². The molecule has 2 aromatic rings. The number of amides is 3. The SMILES string of the molecule is CC(C)[C@@H](NC(=O)c1cccc(C(=O)NS(=O)(=O)C[C@]23CC4[C@@H](CC2=O)C43C)c1)C(=O)N1CC[C@](O)(c2ccc(Cl)cc2)C(C)(C)C1. The minimum absolute atomic E-state index is 0.0369. The summed E-state index contributed by atoms with van der Waals surface area (Å²) in [4.78, 5) is 54.6. The lowest BCUT2D eigenvalue weighted by atomic mass is 9.60. The van der Waals surface area contributed by atoms with Crippen molar-refractivity contribution in [3.63, 3.8) is 0 Å². The molecule has 0 bridgehead atoms. The van der Waals surface area contributed by atoms with E-state index in [1.165, 1.54) is 24.3 Å². The standard InChI is InChI=1S/C35H42ClN3O7S/c1-20(2)28(31(43)39-14-13-35(44,32(3,4)18-39)23-9-11-24(36)12-10-23)37-29(41)21-7-6-8-22(15-21)30(42)38-47(45,46)19-34-17-26-25(16-27(34)40)33(26,34)5/h6-12,15,20,25-26,28,44H,13-14,16-19H2,1-5H3,(H,37,41)(H,38,42)/t25-,26?,28-,33?,34-,35+/m1/s1. The highest BCUT2D eigenvalue weighted by Gasteiger charge is 2.87. The topological polar surface area (TPSA) is 150 Å². The van der Waals surface area contributed by atoms with Gasteiger partial charge in [0, 0.05) is 41.1 Å². The summed E-state index contributed by atoms with van der Waals surface area (Å²) in [5, 5.41) is 15.1. The average Bonchev–Trinajstić information content (AvgIpc) is 3.42. The fraction of sp³-hybridized carbons (Fsp3) is 0.543. The van der Waals surface area contributed by atoms with Gasteiger partial charge < -0.3 is 15.3 Å². The number of hydrogen-bond donors (Lipinski definition) is 3. The van der Waals surface area contributed by atoms with Gasteiger partial charge in [-0.2, -0.15) is 0 Å². The van der Waals surface area contributed by atoms with Gasteiger partial charge in [0.15, 0.2) is 0 Å². The third-order valence-corrected chi connectivity index (χ3v) is 13.5. The number of carbonyl (C=O) groups excluding carboxylic acids is 4. The highest BCUT2D eigenvalue weighted by atomic mass is 35.5. The van der Waals surface area contributed by atoms with Crippen LogP contribution >= 0.6 is 11.6 Å². The summed E-state index contributed by atoms with van der Waals surface area (Å²) in [6, 6.07) is 11.8. The molecule has 10 nitrogen and oxygen atoms in total. The van der Waals surface area contributed by atoms with Crippen LogP contribution in [0.4, 0.5) is 0 Å². The summed E-state index contributed by atoms with van der Waals surface area (Å²) in [5.41, 5.74) is -2.35. The highest BCUT2D eigenvalue weighted by Crippen LogP contribution is 2.86. The van der Waals surface area contributed by atoms with Gasteiger partial charge in [-0.15, -0.1) is 0 Å². The number of nitrogens with zero attached hydrogens (tertiary/aromatic N) is 1. The molecule has 0 aromatic heterocycles. The molecule has 6 rings (SSSR count). The lowest BCUT2D eigenvalue weighted by molar-refractivity contribution is -0.155. The van der Waals surface area contributed by atoms with E-state index in [1.54, 1.807) is 29.2 Å². The Morgan fingerprint density at radius 2 is 1.66 bits per heavy atom. The Bertz CT molecular complexity index is 1780. The van der Waals surface area contributed by atoms with E-state index >= 15 is 0 Å². The van der Waals surface area contributed by atoms with Crippen molar-refractivity contribution in [2.24, 2.45) is 34.0 Å². The van der Waals surface area contributed by atoms with E-state index in [4.69, 9.17) is 11.6 Å². The van der Waals surface area contributed by atoms with Crippen LogP contribution in [-0.2, 0) is 25.2 Å². The summed E-state index contributed by atoms with van der Waals surface area (Å²) in [6.45, 7) is 9.94. The maximum atomic E-state index is 13.8. The Labute approximate surface area is 280 Å².